The summed E-state index contributed by atoms with van der Waals surface area (Å²) in [6, 6.07) is 7.62. The van der Waals surface area contributed by atoms with Gasteiger partial charge in [-0.25, -0.2) is 0 Å². The minimum Gasteiger partial charge on any atom is -0.351 e. The fourth-order valence-corrected chi connectivity index (χ4v) is 2.75. The Bertz CT molecular complexity index is 503. The van der Waals surface area contributed by atoms with Crippen molar-refractivity contribution < 1.29 is 9.59 Å². The largest absolute Gasteiger partial charge is 0.351 e. The fourth-order valence-electron chi connectivity index (χ4n) is 2.12. The van der Waals surface area contributed by atoms with Gasteiger partial charge in [-0.2, -0.15) is 0 Å². The van der Waals surface area contributed by atoms with Crippen molar-refractivity contribution in [1.82, 2.24) is 5.32 Å². The van der Waals surface area contributed by atoms with Gasteiger partial charge >= 0.3 is 0 Å². The molecule has 0 heterocycles. The van der Waals surface area contributed by atoms with E-state index in [1.807, 2.05) is 31.2 Å². The Morgan fingerprint density at radius 3 is 2.30 bits per heavy atom. The molecule has 6 heteroatoms. The van der Waals surface area contributed by atoms with Gasteiger partial charge < -0.3 is 16.4 Å². The van der Waals surface area contributed by atoms with Crippen LogP contribution in [0.2, 0.25) is 0 Å². The Kier molecular flexibility index (Phi) is 8.73. The average Bonchev–Trinajstić information content (AvgIpc) is 2.48. The molecule has 1 rings (SSSR count). The van der Waals surface area contributed by atoms with Crippen LogP contribution >= 0.6 is 11.8 Å². The van der Waals surface area contributed by atoms with E-state index in [9.17, 15) is 9.59 Å². The molecule has 0 aliphatic rings. The zero-order valence-corrected chi connectivity index (χ0v) is 14.9. The molecular formula is C17H27N3O2S. The highest BCUT2D eigenvalue weighted by atomic mass is 32.2. The van der Waals surface area contributed by atoms with Gasteiger partial charge in [-0.05, 0) is 31.4 Å². The Morgan fingerprint density at radius 2 is 1.74 bits per heavy atom. The standard InChI is InChI=1S/C17H27N3O2S/c1-12(2)8-15(9-18)20-17(22)11-23-10-16(21)19-14-6-4-13(3)5-7-14/h4-7,12,15H,8-11,18H2,1-3H3,(H,19,21)(H,20,22). The number of carbonyl (C=O) groups excluding carboxylic acids is 2. The predicted octanol–water partition coefficient (Wildman–Crippen LogP) is 2.16. The van der Waals surface area contributed by atoms with E-state index in [0.717, 1.165) is 17.7 Å². The smallest absolute Gasteiger partial charge is 0.234 e. The minimum absolute atomic E-state index is 0.00415. The highest BCUT2D eigenvalue weighted by Crippen LogP contribution is 2.10. The molecular weight excluding hydrogens is 310 g/mol. The first-order valence-electron chi connectivity index (χ1n) is 7.84. The van der Waals surface area contributed by atoms with Crippen molar-refractivity contribution in [3.63, 3.8) is 0 Å². The van der Waals surface area contributed by atoms with Crippen molar-refractivity contribution in [2.24, 2.45) is 11.7 Å². The second-order valence-electron chi connectivity index (χ2n) is 6.04. The molecule has 0 bridgehead atoms. The number of rotatable bonds is 9. The SMILES string of the molecule is Cc1ccc(NC(=O)CSCC(=O)NC(CN)CC(C)C)cc1. The van der Waals surface area contributed by atoms with Gasteiger partial charge in [-0.15, -0.1) is 11.8 Å². The first-order valence-corrected chi connectivity index (χ1v) is 9.00. The van der Waals surface area contributed by atoms with Crippen LogP contribution in [-0.4, -0.2) is 35.9 Å². The Labute approximate surface area is 142 Å². The van der Waals surface area contributed by atoms with Gasteiger partial charge in [0.1, 0.15) is 0 Å². The van der Waals surface area contributed by atoms with Crippen LogP contribution in [0.5, 0.6) is 0 Å². The van der Waals surface area contributed by atoms with E-state index in [1.165, 1.54) is 11.8 Å². The number of hydrogen-bond acceptors (Lipinski definition) is 4. The summed E-state index contributed by atoms with van der Waals surface area (Å²) in [5, 5.41) is 5.72. The molecule has 0 fully saturated rings. The number of nitrogens with two attached hydrogens (primary N) is 1. The Morgan fingerprint density at radius 1 is 1.13 bits per heavy atom. The zero-order chi connectivity index (χ0) is 17.2. The van der Waals surface area contributed by atoms with E-state index in [4.69, 9.17) is 5.73 Å². The molecule has 1 atom stereocenters. The molecule has 0 aliphatic heterocycles. The van der Waals surface area contributed by atoms with Crippen LogP contribution in [0, 0.1) is 12.8 Å². The summed E-state index contributed by atoms with van der Waals surface area (Å²) < 4.78 is 0. The molecule has 0 aliphatic carbocycles. The van der Waals surface area contributed by atoms with Crippen molar-refractivity contribution in [3.8, 4) is 0 Å². The molecule has 5 nitrogen and oxygen atoms in total. The zero-order valence-electron chi connectivity index (χ0n) is 14.1. The quantitative estimate of drug-likeness (QED) is 0.645. The number of thioether (sulfide) groups is 1. The van der Waals surface area contributed by atoms with E-state index >= 15 is 0 Å². The van der Waals surface area contributed by atoms with Gasteiger partial charge in [-0.3, -0.25) is 9.59 Å². The second kappa shape index (κ2) is 10.3. The molecule has 2 amide bonds. The van der Waals surface area contributed by atoms with Crippen molar-refractivity contribution in [2.45, 2.75) is 33.2 Å². The van der Waals surface area contributed by atoms with Crippen LogP contribution in [-0.2, 0) is 9.59 Å². The molecule has 1 aromatic rings. The maximum absolute atomic E-state index is 11.9. The summed E-state index contributed by atoms with van der Waals surface area (Å²) >= 11 is 1.30. The fraction of sp³-hybridized carbons (Fsp3) is 0.529. The van der Waals surface area contributed by atoms with Gasteiger partial charge in [0.05, 0.1) is 11.5 Å². The molecule has 0 spiro atoms. The summed E-state index contributed by atoms with van der Waals surface area (Å²) in [6.07, 6.45) is 0.862. The lowest BCUT2D eigenvalue weighted by molar-refractivity contribution is -0.119. The van der Waals surface area contributed by atoms with Crippen molar-refractivity contribution in [3.05, 3.63) is 29.8 Å². The Balaban J connectivity index is 2.25. The molecule has 0 saturated heterocycles. The molecule has 0 saturated carbocycles. The lowest BCUT2D eigenvalue weighted by Crippen LogP contribution is -2.42. The average molecular weight is 337 g/mol. The van der Waals surface area contributed by atoms with E-state index in [1.54, 1.807) is 0 Å². The lowest BCUT2D eigenvalue weighted by atomic mass is 10.0. The monoisotopic (exact) mass is 337 g/mol. The Hall–Kier alpha value is -1.53. The number of hydrogen-bond donors (Lipinski definition) is 3. The van der Waals surface area contributed by atoms with Crippen LogP contribution in [0.3, 0.4) is 0 Å². The van der Waals surface area contributed by atoms with Crippen molar-refractivity contribution in [2.75, 3.05) is 23.4 Å². The summed E-state index contributed by atoms with van der Waals surface area (Å²) in [5.41, 5.74) is 7.57. The number of anilines is 1. The number of aryl methyl sites for hydroxylation is 1. The summed E-state index contributed by atoms with van der Waals surface area (Å²) in [6.45, 7) is 6.62. The van der Waals surface area contributed by atoms with Crippen LogP contribution < -0.4 is 16.4 Å². The van der Waals surface area contributed by atoms with Gasteiger partial charge in [0.2, 0.25) is 11.8 Å². The lowest BCUT2D eigenvalue weighted by Gasteiger charge is -2.18. The van der Waals surface area contributed by atoms with Gasteiger partial charge in [0.15, 0.2) is 0 Å². The van der Waals surface area contributed by atoms with E-state index in [0.29, 0.717) is 12.5 Å². The highest BCUT2D eigenvalue weighted by Gasteiger charge is 2.13. The van der Waals surface area contributed by atoms with Gasteiger partial charge in [0, 0.05) is 18.3 Å². The van der Waals surface area contributed by atoms with Gasteiger partial charge in [-0.1, -0.05) is 31.5 Å². The second-order valence-corrected chi connectivity index (χ2v) is 7.02. The third-order valence-electron chi connectivity index (χ3n) is 3.21. The number of amides is 2. The molecule has 128 valence electrons. The van der Waals surface area contributed by atoms with Crippen LogP contribution in [0.25, 0.3) is 0 Å². The number of carbonyl (C=O) groups is 2. The maximum Gasteiger partial charge on any atom is 0.234 e. The van der Waals surface area contributed by atoms with Crippen LogP contribution in [0.4, 0.5) is 5.69 Å². The highest BCUT2D eigenvalue weighted by molar-refractivity contribution is 8.00. The van der Waals surface area contributed by atoms with Crippen molar-refractivity contribution in [1.29, 1.82) is 0 Å². The molecule has 0 radical (unpaired) electrons. The van der Waals surface area contributed by atoms with Crippen molar-refractivity contribution >= 4 is 29.3 Å². The van der Waals surface area contributed by atoms with E-state index in [-0.39, 0.29) is 29.4 Å². The summed E-state index contributed by atoms with van der Waals surface area (Å²) in [4.78, 5) is 23.7. The summed E-state index contributed by atoms with van der Waals surface area (Å²) in [7, 11) is 0. The number of benzene rings is 1. The predicted molar refractivity (Wildman–Crippen MR) is 97.6 cm³/mol. The topological polar surface area (TPSA) is 84.2 Å². The molecule has 1 aromatic carbocycles. The molecule has 23 heavy (non-hydrogen) atoms. The third-order valence-corrected chi connectivity index (χ3v) is 4.14. The van der Waals surface area contributed by atoms with E-state index < -0.39 is 0 Å². The maximum atomic E-state index is 11.9. The van der Waals surface area contributed by atoms with Crippen LogP contribution in [0.15, 0.2) is 24.3 Å². The van der Waals surface area contributed by atoms with Gasteiger partial charge in [0.25, 0.3) is 0 Å². The number of nitrogens with one attached hydrogen (secondary N) is 2. The van der Waals surface area contributed by atoms with E-state index in [2.05, 4.69) is 24.5 Å². The third kappa shape index (κ3) is 8.62. The summed E-state index contributed by atoms with van der Waals surface area (Å²) in [5.74, 6) is 0.810. The molecule has 0 aromatic heterocycles. The minimum atomic E-state index is -0.107. The molecule has 1 unspecified atom stereocenters. The normalized spacial score (nSPS) is 12.0. The first kappa shape index (κ1) is 19.5. The molecule has 4 N–H and O–H groups in total. The first-order chi connectivity index (χ1) is 10.9. The van der Waals surface area contributed by atoms with Crippen LogP contribution in [0.1, 0.15) is 25.8 Å².